The standard InChI is InChI=1S/C22H20N4O2.CH4O3S/c23-22(24)26-21(27)20(18-9-5-11-25-14-18)13-17-8-4-10-19(12-17)28-15-16-6-2-1-3-7-16;1-5(2,3)4/h1-14H,15H2,(H4,23,24,26,27);1H3,(H,2,3,4)/b20-13+;. The van der Waals surface area contributed by atoms with Crippen LogP contribution in [0, 0.1) is 0 Å². The van der Waals surface area contributed by atoms with Gasteiger partial charge in [-0.05, 0) is 35.4 Å². The molecule has 2 aromatic carbocycles. The molecule has 0 spiro atoms. The van der Waals surface area contributed by atoms with E-state index in [4.69, 9.17) is 20.8 Å². The molecule has 0 saturated heterocycles. The Bertz CT molecular complexity index is 1220. The van der Waals surface area contributed by atoms with Gasteiger partial charge in [-0.1, -0.05) is 48.5 Å². The summed E-state index contributed by atoms with van der Waals surface area (Å²) >= 11 is 0. The molecule has 0 unspecified atom stereocenters. The Kier molecular flexibility index (Phi) is 9.28. The number of nitrogens with two attached hydrogens (primary N) is 2. The molecule has 33 heavy (non-hydrogen) atoms. The third-order valence-electron chi connectivity index (χ3n) is 3.85. The molecule has 0 bridgehead atoms. The summed E-state index contributed by atoms with van der Waals surface area (Å²) in [4.78, 5) is 20.2. The SMILES string of the molecule is CS(=O)(=O)O.NC(N)=NC(=O)/C(=C/c1cccc(OCc2ccccc2)c1)c1cccnc1. The van der Waals surface area contributed by atoms with Crippen molar-refractivity contribution < 1.29 is 22.5 Å². The van der Waals surface area contributed by atoms with Gasteiger partial charge in [0.1, 0.15) is 12.4 Å². The van der Waals surface area contributed by atoms with Gasteiger partial charge in [0.25, 0.3) is 16.0 Å². The highest BCUT2D eigenvalue weighted by Crippen LogP contribution is 2.22. The summed E-state index contributed by atoms with van der Waals surface area (Å²) in [6.07, 6.45) is 5.64. The molecule has 1 aromatic heterocycles. The van der Waals surface area contributed by atoms with Gasteiger partial charge in [-0.25, -0.2) is 0 Å². The Balaban J connectivity index is 0.000000696. The zero-order valence-electron chi connectivity index (χ0n) is 17.8. The van der Waals surface area contributed by atoms with Crippen LogP contribution in [0.25, 0.3) is 11.6 Å². The molecular weight excluding hydrogens is 444 g/mol. The Morgan fingerprint density at radius 2 is 1.79 bits per heavy atom. The van der Waals surface area contributed by atoms with Crippen LogP contribution in [0.2, 0.25) is 0 Å². The van der Waals surface area contributed by atoms with Crippen LogP contribution in [0.3, 0.4) is 0 Å². The van der Waals surface area contributed by atoms with Crippen LogP contribution in [-0.4, -0.2) is 36.1 Å². The summed E-state index contributed by atoms with van der Waals surface area (Å²) in [6.45, 7) is 0.455. The van der Waals surface area contributed by atoms with Crippen molar-refractivity contribution in [1.82, 2.24) is 4.98 Å². The second kappa shape index (κ2) is 12.1. The van der Waals surface area contributed by atoms with E-state index in [-0.39, 0.29) is 5.96 Å². The monoisotopic (exact) mass is 468 g/mol. The van der Waals surface area contributed by atoms with Crippen molar-refractivity contribution in [2.24, 2.45) is 16.5 Å². The minimum absolute atomic E-state index is 0.292. The van der Waals surface area contributed by atoms with Crippen LogP contribution in [0.15, 0.2) is 84.1 Å². The predicted octanol–water partition coefficient (Wildman–Crippen LogP) is 2.51. The number of guanidine groups is 1. The summed E-state index contributed by atoms with van der Waals surface area (Å²) < 4.78 is 31.7. The lowest BCUT2D eigenvalue weighted by Gasteiger charge is -2.08. The van der Waals surface area contributed by atoms with E-state index in [9.17, 15) is 13.2 Å². The first-order chi connectivity index (χ1) is 15.6. The van der Waals surface area contributed by atoms with Crippen molar-refractivity contribution in [2.45, 2.75) is 6.61 Å². The molecular formula is C23H24N4O5S. The maximum Gasteiger partial charge on any atom is 0.280 e. The molecule has 10 heteroatoms. The minimum Gasteiger partial charge on any atom is -0.489 e. The average Bonchev–Trinajstić information content (AvgIpc) is 2.76. The van der Waals surface area contributed by atoms with Gasteiger partial charge in [0, 0.05) is 18.0 Å². The number of aliphatic imine (C=N–C) groups is 1. The van der Waals surface area contributed by atoms with Crippen molar-refractivity contribution in [3.05, 3.63) is 95.8 Å². The highest BCUT2D eigenvalue weighted by atomic mass is 32.2. The normalized spacial score (nSPS) is 11.0. The highest BCUT2D eigenvalue weighted by Gasteiger charge is 2.12. The molecule has 9 nitrogen and oxygen atoms in total. The smallest absolute Gasteiger partial charge is 0.280 e. The molecule has 0 saturated carbocycles. The van der Waals surface area contributed by atoms with Gasteiger partial charge in [0.2, 0.25) is 0 Å². The number of aromatic nitrogens is 1. The zero-order chi connectivity index (χ0) is 24.3. The Labute approximate surface area is 192 Å². The van der Waals surface area contributed by atoms with Crippen molar-refractivity contribution >= 4 is 33.6 Å². The molecule has 3 rings (SSSR count). The minimum atomic E-state index is -3.67. The zero-order valence-corrected chi connectivity index (χ0v) is 18.6. The second-order valence-electron chi connectivity index (χ2n) is 6.72. The van der Waals surface area contributed by atoms with E-state index in [1.54, 1.807) is 30.6 Å². The Morgan fingerprint density at radius 3 is 2.39 bits per heavy atom. The van der Waals surface area contributed by atoms with Crippen molar-refractivity contribution in [3.63, 3.8) is 0 Å². The van der Waals surface area contributed by atoms with E-state index < -0.39 is 16.0 Å². The third kappa shape index (κ3) is 10.2. The van der Waals surface area contributed by atoms with E-state index in [0.717, 1.165) is 11.1 Å². The number of nitrogens with zero attached hydrogens (tertiary/aromatic N) is 2. The fourth-order valence-corrected chi connectivity index (χ4v) is 2.57. The largest absolute Gasteiger partial charge is 0.489 e. The molecule has 0 atom stereocenters. The molecule has 5 N–H and O–H groups in total. The fourth-order valence-electron chi connectivity index (χ4n) is 2.57. The van der Waals surface area contributed by atoms with Gasteiger partial charge < -0.3 is 16.2 Å². The van der Waals surface area contributed by atoms with Crippen LogP contribution < -0.4 is 16.2 Å². The van der Waals surface area contributed by atoms with Crippen LogP contribution in [-0.2, 0) is 21.5 Å². The first kappa shape index (κ1) is 25.2. The molecule has 1 amide bonds. The van der Waals surface area contributed by atoms with Crippen LogP contribution in [0.1, 0.15) is 16.7 Å². The Morgan fingerprint density at radius 1 is 1.09 bits per heavy atom. The molecule has 1 heterocycles. The number of pyridine rings is 1. The summed E-state index contributed by atoms with van der Waals surface area (Å²) in [7, 11) is -3.67. The molecule has 3 aromatic rings. The lowest BCUT2D eigenvalue weighted by Crippen LogP contribution is -2.24. The van der Waals surface area contributed by atoms with Gasteiger partial charge in [-0.15, -0.1) is 0 Å². The van der Waals surface area contributed by atoms with Crippen molar-refractivity contribution in [2.75, 3.05) is 6.26 Å². The first-order valence-corrected chi connectivity index (χ1v) is 11.4. The maximum atomic E-state index is 12.5. The topological polar surface area (TPSA) is 158 Å². The van der Waals surface area contributed by atoms with Gasteiger partial charge in [-0.2, -0.15) is 13.4 Å². The van der Waals surface area contributed by atoms with E-state index in [1.165, 1.54) is 0 Å². The molecule has 0 aliphatic carbocycles. The summed E-state index contributed by atoms with van der Waals surface area (Å²) in [6, 6.07) is 20.8. The van der Waals surface area contributed by atoms with E-state index in [1.807, 2.05) is 54.6 Å². The maximum absolute atomic E-state index is 12.5. The number of hydrogen-bond acceptors (Lipinski definition) is 5. The molecule has 0 aliphatic heterocycles. The number of amides is 1. The van der Waals surface area contributed by atoms with E-state index in [2.05, 4.69) is 9.98 Å². The van der Waals surface area contributed by atoms with Gasteiger partial charge in [0.15, 0.2) is 5.96 Å². The molecule has 0 fully saturated rings. The average molecular weight is 469 g/mol. The molecule has 172 valence electrons. The lowest BCUT2D eigenvalue weighted by atomic mass is 10.0. The summed E-state index contributed by atoms with van der Waals surface area (Å²) in [5.74, 6) is -0.138. The van der Waals surface area contributed by atoms with Gasteiger partial charge >= 0.3 is 0 Å². The molecule has 0 aliphatic rings. The summed E-state index contributed by atoms with van der Waals surface area (Å²) in [5, 5.41) is 0. The second-order valence-corrected chi connectivity index (χ2v) is 8.19. The lowest BCUT2D eigenvalue weighted by molar-refractivity contribution is -0.112. The van der Waals surface area contributed by atoms with Crippen LogP contribution >= 0.6 is 0 Å². The van der Waals surface area contributed by atoms with Crippen LogP contribution in [0.5, 0.6) is 5.75 Å². The van der Waals surface area contributed by atoms with Gasteiger partial charge in [-0.3, -0.25) is 14.3 Å². The predicted molar refractivity (Wildman–Crippen MR) is 128 cm³/mol. The highest BCUT2D eigenvalue weighted by molar-refractivity contribution is 7.85. The van der Waals surface area contributed by atoms with Crippen molar-refractivity contribution in [1.29, 1.82) is 0 Å². The summed E-state index contributed by atoms with van der Waals surface area (Å²) in [5.41, 5.74) is 13.5. The van der Waals surface area contributed by atoms with Crippen molar-refractivity contribution in [3.8, 4) is 5.75 Å². The number of carbonyl (C=O) groups is 1. The van der Waals surface area contributed by atoms with Gasteiger partial charge in [0.05, 0.1) is 11.8 Å². The quantitative estimate of drug-likeness (QED) is 0.215. The number of rotatable bonds is 6. The number of hydrogen-bond donors (Lipinski definition) is 3. The Hall–Kier alpha value is -4.02. The van der Waals surface area contributed by atoms with Crippen LogP contribution in [0.4, 0.5) is 0 Å². The first-order valence-electron chi connectivity index (χ1n) is 9.57. The number of ether oxygens (including phenoxy) is 1. The third-order valence-corrected chi connectivity index (χ3v) is 3.85. The number of carbonyl (C=O) groups excluding carboxylic acids is 1. The number of benzene rings is 2. The van der Waals surface area contributed by atoms with E-state index >= 15 is 0 Å². The molecule has 0 radical (unpaired) electrons. The van der Waals surface area contributed by atoms with E-state index in [0.29, 0.717) is 29.7 Å². The fraction of sp³-hybridized carbons (Fsp3) is 0.0870.